The summed E-state index contributed by atoms with van der Waals surface area (Å²) in [5, 5.41) is 2.49. The molecule has 2 amide bonds. The van der Waals surface area contributed by atoms with Crippen LogP contribution >= 0.6 is 0 Å². The average molecular weight is 423 g/mol. The van der Waals surface area contributed by atoms with Crippen LogP contribution in [0.25, 0.3) is 0 Å². The first-order chi connectivity index (χ1) is 13.7. The number of amides is 2. The molecule has 0 aliphatic carbocycles. The molecule has 0 bridgehead atoms. The number of nitrogens with zero attached hydrogens (tertiary/aromatic N) is 2. The molecule has 2 aliphatic heterocycles. The van der Waals surface area contributed by atoms with E-state index in [0.717, 1.165) is 5.56 Å². The smallest absolute Gasteiger partial charge is 0.329 e. The first kappa shape index (κ1) is 21.3. The van der Waals surface area contributed by atoms with Crippen molar-refractivity contribution in [2.45, 2.75) is 37.6 Å². The lowest BCUT2D eigenvalue weighted by atomic mass is 10.2. The molecule has 0 unspecified atom stereocenters. The lowest BCUT2D eigenvalue weighted by Crippen LogP contribution is -2.51. The number of hydrogen-bond donors (Lipinski definition) is 1. The van der Waals surface area contributed by atoms with Crippen LogP contribution in [0.4, 0.5) is 0 Å². The Bertz CT molecular complexity index is 922. The molecule has 9 nitrogen and oxygen atoms in total. The number of hydrogen-bond acceptors (Lipinski definition) is 6. The van der Waals surface area contributed by atoms with Gasteiger partial charge in [-0.15, -0.1) is 0 Å². The third-order valence-corrected chi connectivity index (χ3v) is 7.21. The molecule has 1 N–H and O–H groups in total. The molecule has 0 saturated carbocycles. The predicted molar refractivity (Wildman–Crippen MR) is 103 cm³/mol. The number of carbonyl (C=O) groups excluding carboxylic acids is 3. The van der Waals surface area contributed by atoms with Gasteiger partial charge < -0.3 is 15.0 Å². The van der Waals surface area contributed by atoms with Gasteiger partial charge in [-0.25, -0.2) is 13.2 Å². The van der Waals surface area contributed by atoms with Gasteiger partial charge in [0.25, 0.3) is 5.91 Å². The van der Waals surface area contributed by atoms with Crippen molar-refractivity contribution in [2.75, 3.05) is 32.8 Å². The molecule has 2 aliphatic rings. The summed E-state index contributed by atoms with van der Waals surface area (Å²) in [7, 11) is -3.64. The van der Waals surface area contributed by atoms with E-state index < -0.39 is 28.6 Å². The maximum absolute atomic E-state index is 12.9. The second kappa shape index (κ2) is 8.50. The van der Waals surface area contributed by atoms with E-state index in [1.54, 1.807) is 19.1 Å². The fourth-order valence-corrected chi connectivity index (χ4v) is 5.15. The number of rotatable bonds is 5. The van der Waals surface area contributed by atoms with Crippen LogP contribution in [0.2, 0.25) is 0 Å². The van der Waals surface area contributed by atoms with E-state index in [9.17, 15) is 22.8 Å². The predicted octanol–water partition coefficient (Wildman–Crippen LogP) is -0.0419. The minimum absolute atomic E-state index is 0.175. The van der Waals surface area contributed by atoms with Crippen LogP contribution in [0.15, 0.2) is 23.1 Å². The third-order valence-electron chi connectivity index (χ3n) is 5.17. The van der Waals surface area contributed by atoms with Gasteiger partial charge in [-0.3, -0.25) is 9.59 Å². The topological polar surface area (TPSA) is 113 Å². The van der Waals surface area contributed by atoms with Crippen molar-refractivity contribution in [3.05, 3.63) is 29.3 Å². The van der Waals surface area contributed by atoms with E-state index in [-0.39, 0.29) is 49.3 Å². The van der Waals surface area contributed by atoms with E-state index in [2.05, 4.69) is 5.32 Å². The Morgan fingerprint density at radius 1 is 1.17 bits per heavy atom. The van der Waals surface area contributed by atoms with Crippen molar-refractivity contribution in [2.24, 2.45) is 0 Å². The van der Waals surface area contributed by atoms with Crippen molar-refractivity contribution in [1.82, 2.24) is 14.5 Å². The zero-order chi connectivity index (χ0) is 21.2. The van der Waals surface area contributed by atoms with Gasteiger partial charge >= 0.3 is 5.97 Å². The molecule has 158 valence electrons. The fourth-order valence-electron chi connectivity index (χ4n) is 3.42. The highest BCUT2D eigenvalue weighted by Crippen LogP contribution is 2.22. The number of ether oxygens (including phenoxy) is 1. The number of aryl methyl sites for hydroxylation is 2. The van der Waals surface area contributed by atoms with Crippen LogP contribution in [0.5, 0.6) is 0 Å². The average Bonchev–Trinajstić information content (AvgIpc) is 3.14. The molecule has 1 aromatic carbocycles. The van der Waals surface area contributed by atoms with Crippen LogP contribution in [0, 0.1) is 13.8 Å². The maximum atomic E-state index is 12.9. The molecule has 0 aromatic heterocycles. The van der Waals surface area contributed by atoms with Crippen LogP contribution in [-0.4, -0.2) is 74.2 Å². The number of piperazine rings is 1. The van der Waals surface area contributed by atoms with Crippen molar-refractivity contribution in [1.29, 1.82) is 0 Å². The van der Waals surface area contributed by atoms with Gasteiger partial charge in [0.05, 0.1) is 4.90 Å². The van der Waals surface area contributed by atoms with E-state index in [1.165, 1.54) is 9.21 Å². The summed E-state index contributed by atoms with van der Waals surface area (Å²) < 4.78 is 32.3. The standard InChI is InChI=1S/C19H25N3O6S/c1-13-3-4-14(2)16(11-13)29(26,27)22-9-7-21(8-10-22)18(24)12-28-19(25)15-5-6-17(23)20-15/h3-4,11,15H,5-10,12H2,1-2H3,(H,20,23)/t15-/m1/s1. The quantitative estimate of drug-likeness (QED) is 0.665. The van der Waals surface area contributed by atoms with Gasteiger partial charge in [-0.1, -0.05) is 12.1 Å². The van der Waals surface area contributed by atoms with Crippen molar-refractivity contribution < 1.29 is 27.5 Å². The summed E-state index contributed by atoms with van der Waals surface area (Å²) >= 11 is 0. The molecule has 0 radical (unpaired) electrons. The Morgan fingerprint density at radius 3 is 2.48 bits per heavy atom. The zero-order valence-corrected chi connectivity index (χ0v) is 17.3. The highest BCUT2D eigenvalue weighted by atomic mass is 32.2. The van der Waals surface area contributed by atoms with Gasteiger partial charge in [0.1, 0.15) is 6.04 Å². The summed E-state index contributed by atoms with van der Waals surface area (Å²) in [5.74, 6) is -1.22. The van der Waals surface area contributed by atoms with Crippen LogP contribution in [0.1, 0.15) is 24.0 Å². The Kier molecular flexibility index (Phi) is 6.23. The first-order valence-corrected chi connectivity index (χ1v) is 10.9. The number of benzene rings is 1. The van der Waals surface area contributed by atoms with Crippen molar-refractivity contribution in [3.8, 4) is 0 Å². The van der Waals surface area contributed by atoms with Gasteiger partial charge in [0.15, 0.2) is 6.61 Å². The first-order valence-electron chi connectivity index (χ1n) is 9.49. The molecule has 2 saturated heterocycles. The largest absolute Gasteiger partial charge is 0.454 e. The number of carbonyl (C=O) groups is 3. The molecule has 0 spiro atoms. The van der Waals surface area contributed by atoms with Gasteiger partial charge in [0, 0.05) is 32.6 Å². The highest BCUT2D eigenvalue weighted by Gasteiger charge is 2.32. The second-order valence-corrected chi connectivity index (χ2v) is 9.23. The Balaban J connectivity index is 1.53. The lowest BCUT2D eigenvalue weighted by Gasteiger charge is -2.34. The summed E-state index contributed by atoms with van der Waals surface area (Å²) in [6.45, 7) is 3.97. The molecular weight excluding hydrogens is 398 g/mol. The van der Waals surface area contributed by atoms with Gasteiger partial charge in [-0.05, 0) is 37.5 Å². The SMILES string of the molecule is Cc1ccc(C)c(S(=O)(=O)N2CCN(C(=O)COC(=O)[C@H]3CCC(=O)N3)CC2)c1. The number of sulfonamides is 1. The molecular formula is C19H25N3O6S. The van der Waals surface area contributed by atoms with Crippen molar-refractivity contribution in [3.63, 3.8) is 0 Å². The van der Waals surface area contributed by atoms with Gasteiger partial charge in [-0.2, -0.15) is 4.31 Å². The number of nitrogens with one attached hydrogen (secondary N) is 1. The third kappa shape index (κ3) is 4.76. The molecule has 29 heavy (non-hydrogen) atoms. The van der Waals surface area contributed by atoms with E-state index in [1.807, 2.05) is 13.0 Å². The molecule has 1 atom stereocenters. The van der Waals surface area contributed by atoms with E-state index in [0.29, 0.717) is 12.0 Å². The number of esters is 1. The molecule has 2 fully saturated rings. The monoisotopic (exact) mass is 423 g/mol. The molecule has 1 aromatic rings. The van der Waals surface area contributed by atoms with E-state index >= 15 is 0 Å². The molecule has 10 heteroatoms. The molecule has 3 rings (SSSR count). The fraction of sp³-hybridized carbons (Fsp3) is 0.526. The maximum Gasteiger partial charge on any atom is 0.329 e. The Morgan fingerprint density at radius 2 is 1.86 bits per heavy atom. The lowest BCUT2D eigenvalue weighted by molar-refractivity contribution is -0.154. The van der Waals surface area contributed by atoms with Crippen LogP contribution < -0.4 is 5.32 Å². The minimum atomic E-state index is -3.64. The second-order valence-electron chi connectivity index (χ2n) is 7.32. The summed E-state index contributed by atoms with van der Waals surface area (Å²) in [6, 6.07) is 4.60. The summed E-state index contributed by atoms with van der Waals surface area (Å²) in [5.41, 5.74) is 1.54. The summed E-state index contributed by atoms with van der Waals surface area (Å²) in [6.07, 6.45) is 0.630. The zero-order valence-electron chi connectivity index (χ0n) is 16.5. The minimum Gasteiger partial charge on any atom is -0.454 e. The normalized spacial score (nSPS) is 20.4. The van der Waals surface area contributed by atoms with E-state index in [4.69, 9.17) is 4.74 Å². The highest BCUT2D eigenvalue weighted by molar-refractivity contribution is 7.89. The Hall–Kier alpha value is -2.46. The summed E-state index contributed by atoms with van der Waals surface area (Å²) in [4.78, 5) is 37.1. The van der Waals surface area contributed by atoms with Crippen molar-refractivity contribution >= 4 is 27.8 Å². The van der Waals surface area contributed by atoms with Crippen LogP contribution in [-0.2, 0) is 29.1 Å². The Labute approximate surface area is 170 Å². The molecule has 2 heterocycles. The van der Waals surface area contributed by atoms with Gasteiger partial charge in [0.2, 0.25) is 15.9 Å². The van der Waals surface area contributed by atoms with Crippen LogP contribution in [0.3, 0.4) is 0 Å².